The van der Waals surface area contributed by atoms with Crippen molar-refractivity contribution in [3.05, 3.63) is 44.6 Å². The predicted octanol–water partition coefficient (Wildman–Crippen LogP) is 3.18. The number of benzene rings is 1. The van der Waals surface area contributed by atoms with Crippen LogP contribution in [0.5, 0.6) is 11.5 Å². The fourth-order valence-electron chi connectivity index (χ4n) is 3.78. The quantitative estimate of drug-likeness (QED) is 0.667. The van der Waals surface area contributed by atoms with Crippen LogP contribution in [0.4, 0.5) is 0 Å². The fourth-order valence-corrected chi connectivity index (χ4v) is 5.17. The van der Waals surface area contributed by atoms with E-state index in [1.165, 1.54) is 16.2 Å². The van der Waals surface area contributed by atoms with Crippen LogP contribution in [-0.4, -0.2) is 56.9 Å². The molecular formula is C21H23BrN2O5S. The van der Waals surface area contributed by atoms with E-state index in [0.717, 1.165) is 33.7 Å². The molecule has 3 heterocycles. The molecule has 2 aliphatic heterocycles. The Balaban J connectivity index is 1.41. The van der Waals surface area contributed by atoms with Gasteiger partial charge in [0, 0.05) is 32.2 Å². The van der Waals surface area contributed by atoms with E-state index in [9.17, 15) is 9.59 Å². The van der Waals surface area contributed by atoms with Crippen molar-refractivity contribution in [3.63, 3.8) is 0 Å². The number of rotatable bonds is 6. The topological polar surface area (TPSA) is 77.1 Å². The summed E-state index contributed by atoms with van der Waals surface area (Å²) in [6, 6.07) is 9.54. The van der Waals surface area contributed by atoms with E-state index in [0.29, 0.717) is 24.6 Å². The molecule has 7 nitrogen and oxygen atoms in total. The van der Waals surface area contributed by atoms with E-state index in [4.69, 9.17) is 14.2 Å². The molecule has 0 spiro atoms. The molecule has 1 aromatic heterocycles. The minimum absolute atomic E-state index is 0.00205. The van der Waals surface area contributed by atoms with Crippen molar-refractivity contribution in [3.8, 4) is 11.5 Å². The third kappa shape index (κ3) is 4.48. The summed E-state index contributed by atoms with van der Waals surface area (Å²) in [7, 11) is 1.64. The van der Waals surface area contributed by atoms with Crippen molar-refractivity contribution < 1.29 is 23.8 Å². The zero-order valence-corrected chi connectivity index (χ0v) is 19.0. The SMILES string of the molecule is CN(CC(=O)NCC1(c2ccc3c(c2)OCO3)CCOCC1)C(=O)c1ccc(Br)s1. The maximum Gasteiger partial charge on any atom is 0.264 e. The third-order valence-corrected chi connectivity index (χ3v) is 7.18. The van der Waals surface area contributed by atoms with E-state index in [1.807, 2.05) is 24.3 Å². The maximum atomic E-state index is 12.6. The minimum atomic E-state index is -0.240. The number of likely N-dealkylation sites (N-methyl/N-ethyl adjacent to an activating group) is 1. The predicted molar refractivity (Wildman–Crippen MR) is 116 cm³/mol. The monoisotopic (exact) mass is 494 g/mol. The highest BCUT2D eigenvalue weighted by molar-refractivity contribution is 9.11. The van der Waals surface area contributed by atoms with Gasteiger partial charge in [-0.1, -0.05) is 6.07 Å². The first-order valence-electron chi connectivity index (χ1n) is 9.72. The van der Waals surface area contributed by atoms with Gasteiger partial charge in [0.25, 0.3) is 5.91 Å². The van der Waals surface area contributed by atoms with Gasteiger partial charge >= 0.3 is 0 Å². The lowest BCUT2D eigenvalue weighted by Crippen LogP contribution is -2.47. The second kappa shape index (κ2) is 8.95. The first-order valence-corrected chi connectivity index (χ1v) is 11.3. The molecule has 2 amide bonds. The van der Waals surface area contributed by atoms with Crippen LogP contribution < -0.4 is 14.8 Å². The number of halogens is 1. The van der Waals surface area contributed by atoms with E-state index in [1.54, 1.807) is 13.1 Å². The van der Waals surface area contributed by atoms with Crippen LogP contribution in [0.15, 0.2) is 34.1 Å². The molecule has 0 radical (unpaired) electrons. The summed E-state index contributed by atoms with van der Waals surface area (Å²) in [5.74, 6) is 1.12. The smallest absolute Gasteiger partial charge is 0.264 e. The van der Waals surface area contributed by atoms with Gasteiger partial charge in [-0.3, -0.25) is 9.59 Å². The van der Waals surface area contributed by atoms with Crippen LogP contribution in [0.3, 0.4) is 0 Å². The Morgan fingerprint density at radius 2 is 1.93 bits per heavy atom. The Labute approximate surface area is 187 Å². The zero-order valence-electron chi connectivity index (χ0n) is 16.6. The standard InChI is InChI=1S/C21H23BrN2O5S/c1-24(20(26)17-4-5-18(22)30-17)11-19(25)23-12-21(6-8-27-9-7-21)14-2-3-15-16(10-14)29-13-28-15/h2-5,10H,6-9,11-13H2,1H3,(H,23,25). The highest BCUT2D eigenvalue weighted by Gasteiger charge is 2.36. The van der Waals surface area contributed by atoms with Gasteiger partial charge in [-0.25, -0.2) is 0 Å². The third-order valence-electron chi connectivity index (χ3n) is 5.57. The van der Waals surface area contributed by atoms with Crippen molar-refractivity contribution in [1.82, 2.24) is 10.2 Å². The number of fused-ring (bicyclic) bond motifs is 1. The molecule has 30 heavy (non-hydrogen) atoms. The largest absolute Gasteiger partial charge is 0.454 e. The Morgan fingerprint density at radius 3 is 2.67 bits per heavy atom. The molecule has 1 N–H and O–H groups in total. The first-order chi connectivity index (χ1) is 14.5. The molecule has 160 valence electrons. The van der Waals surface area contributed by atoms with Crippen molar-refractivity contribution in [2.24, 2.45) is 0 Å². The lowest BCUT2D eigenvalue weighted by molar-refractivity contribution is -0.122. The Bertz CT molecular complexity index is 941. The lowest BCUT2D eigenvalue weighted by Gasteiger charge is -2.38. The highest BCUT2D eigenvalue weighted by Crippen LogP contribution is 2.40. The molecule has 0 atom stereocenters. The van der Waals surface area contributed by atoms with Gasteiger partial charge in [0.15, 0.2) is 11.5 Å². The number of nitrogens with zero attached hydrogens (tertiary/aromatic N) is 1. The Hall–Kier alpha value is -2.10. The van der Waals surface area contributed by atoms with Crippen LogP contribution >= 0.6 is 27.3 Å². The first kappa shape index (κ1) is 21.1. The van der Waals surface area contributed by atoms with Gasteiger partial charge in [-0.2, -0.15) is 0 Å². The number of carbonyl (C=O) groups is 2. The van der Waals surface area contributed by atoms with Crippen molar-refractivity contribution >= 4 is 39.1 Å². The molecule has 1 saturated heterocycles. The minimum Gasteiger partial charge on any atom is -0.454 e. The van der Waals surface area contributed by atoms with Crippen LogP contribution in [0.2, 0.25) is 0 Å². The van der Waals surface area contributed by atoms with E-state index in [2.05, 4.69) is 21.2 Å². The maximum absolute atomic E-state index is 12.6. The number of hydrogen-bond acceptors (Lipinski definition) is 6. The molecule has 1 fully saturated rings. The number of hydrogen-bond donors (Lipinski definition) is 1. The summed E-state index contributed by atoms with van der Waals surface area (Å²) in [6.45, 7) is 1.97. The van der Waals surface area contributed by atoms with E-state index >= 15 is 0 Å². The molecule has 4 rings (SSSR count). The number of thiophene rings is 1. The number of ether oxygens (including phenoxy) is 3. The summed E-state index contributed by atoms with van der Waals surface area (Å²) in [6.07, 6.45) is 1.59. The number of nitrogens with one attached hydrogen (secondary N) is 1. The number of amides is 2. The molecule has 0 bridgehead atoms. The van der Waals surface area contributed by atoms with Gasteiger partial charge in [0.1, 0.15) is 0 Å². The second-order valence-electron chi connectivity index (χ2n) is 7.50. The summed E-state index contributed by atoms with van der Waals surface area (Å²) < 4.78 is 17.4. The number of carbonyl (C=O) groups excluding carboxylic acids is 2. The Kier molecular flexibility index (Phi) is 6.31. The second-order valence-corrected chi connectivity index (χ2v) is 9.97. The van der Waals surface area contributed by atoms with Gasteiger partial charge in [0.05, 0.1) is 15.2 Å². The average molecular weight is 495 g/mol. The summed E-state index contributed by atoms with van der Waals surface area (Å²) in [5.41, 5.74) is 0.860. The lowest BCUT2D eigenvalue weighted by atomic mass is 9.74. The van der Waals surface area contributed by atoms with Gasteiger partial charge in [-0.15, -0.1) is 11.3 Å². The normalized spacial score (nSPS) is 16.9. The van der Waals surface area contributed by atoms with Gasteiger partial charge < -0.3 is 24.4 Å². The van der Waals surface area contributed by atoms with E-state index < -0.39 is 0 Å². The highest BCUT2D eigenvalue weighted by atomic mass is 79.9. The molecule has 2 aromatic rings. The Morgan fingerprint density at radius 1 is 1.17 bits per heavy atom. The van der Waals surface area contributed by atoms with E-state index in [-0.39, 0.29) is 30.6 Å². The van der Waals surface area contributed by atoms with Gasteiger partial charge in [-0.05, 0) is 58.6 Å². The summed E-state index contributed by atoms with van der Waals surface area (Å²) in [4.78, 5) is 27.1. The summed E-state index contributed by atoms with van der Waals surface area (Å²) in [5, 5.41) is 3.04. The van der Waals surface area contributed by atoms with Crippen molar-refractivity contribution in [2.75, 3.05) is 40.1 Å². The van der Waals surface area contributed by atoms with Crippen molar-refractivity contribution in [1.29, 1.82) is 0 Å². The molecule has 9 heteroatoms. The molecule has 0 saturated carbocycles. The average Bonchev–Trinajstić information content (AvgIpc) is 3.40. The molecule has 2 aliphatic rings. The zero-order chi connectivity index (χ0) is 21.1. The van der Waals surface area contributed by atoms with Crippen LogP contribution in [0.25, 0.3) is 0 Å². The van der Waals surface area contributed by atoms with Crippen LogP contribution in [0, 0.1) is 0 Å². The molecule has 1 aromatic carbocycles. The van der Waals surface area contributed by atoms with Gasteiger partial charge in [0.2, 0.25) is 12.7 Å². The fraction of sp³-hybridized carbons (Fsp3) is 0.429. The molecular weight excluding hydrogens is 472 g/mol. The van der Waals surface area contributed by atoms with Crippen molar-refractivity contribution in [2.45, 2.75) is 18.3 Å². The van der Waals surface area contributed by atoms with Crippen LogP contribution in [0.1, 0.15) is 28.1 Å². The molecule has 0 unspecified atom stereocenters. The summed E-state index contributed by atoms with van der Waals surface area (Å²) >= 11 is 4.71. The molecule has 0 aliphatic carbocycles. The van der Waals surface area contributed by atoms with Crippen LogP contribution in [-0.2, 0) is 14.9 Å².